The number of nitrogens with two attached hydrogens (primary N) is 1. The lowest BCUT2D eigenvalue weighted by Gasteiger charge is -2.24. The Balaban J connectivity index is 1.35. The van der Waals surface area contributed by atoms with Crippen molar-refractivity contribution in [1.29, 1.82) is 0 Å². The zero-order valence-electron chi connectivity index (χ0n) is 17.3. The fraction of sp³-hybridized carbons (Fsp3) is 0.0952. The van der Waals surface area contributed by atoms with Crippen LogP contribution >= 0.6 is 23.1 Å². The number of rotatable bonds is 6. The van der Waals surface area contributed by atoms with Crippen LogP contribution in [0.5, 0.6) is 0 Å². The van der Waals surface area contributed by atoms with Gasteiger partial charge in [0.25, 0.3) is 10.0 Å². The zero-order valence-corrected chi connectivity index (χ0v) is 19.7. The smallest absolute Gasteiger partial charge is 0.271 e. The molecule has 4 aromatic rings. The number of hydrogen-bond acceptors (Lipinski definition) is 10. The van der Waals surface area contributed by atoms with Gasteiger partial charge < -0.3 is 15.1 Å². The molecule has 0 atom stereocenters. The minimum absolute atomic E-state index is 0.200. The number of nitrogens with zero attached hydrogens (tertiary/aromatic N) is 4. The number of thiophene rings is 1. The van der Waals surface area contributed by atoms with Crippen molar-refractivity contribution in [3.63, 3.8) is 0 Å². The maximum atomic E-state index is 12.9. The number of furan rings is 1. The van der Waals surface area contributed by atoms with Gasteiger partial charge in [0, 0.05) is 17.6 Å². The van der Waals surface area contributed by atoms with Gasteiger partial charge in [-0.25, -0.2) is 23.4 Å². The Kier molecular flexibility index (Phi) is 5.56. The van der Waals surface area contributed by atoms with Crippen LogP contribution in [0, 0.1) is 0 Å². The number of anilines is 2. The van der Waals surface area contributed by atoms with Crippen LogP contribution in [-0.4, -0.2) is 31.3 Å². The van der Waals surface area contributed by atoms with E-state index in [4.69, 9.17) is 10.2 Å². The molecule has 3 aromatic heterocycles. The van der Waals surface area contributed by atoms with Gasteiger partial charge in [-0.15, -0.1) is 11.3 Å². The number of thioether (sulfide) groups is 1. The third kappa shape index (κ3) is 4.19. The monoisotopic (exact) mass is 498 g/mol. The summed E-state index contributed by atoms with van der Waals surface area (Å²) in [6.45, 7) is 0.316. The number of benzene rings is 1. The average Bonchev–Trinajstić information content (AvgIpc) is 3.51. The minimum Gasteiger partial charge on any atom is -0.446 e. The molecular formula is C21H18N6O3S3. The molecule has 12 heteroatoms. The van der Waals surface area contributed by atoms with Crippen LogP contribution < -0.4 is 26.1 Å². The predicted molar refractivity (Wildman–Crippen MR) is 129 cm³/mol. The van der Waals surface area contributed by atoms with E-state index in [-0.39, 0.29) is 4.21 Å². The van der Waals surface area contributed by atoms with Crippen molar-refractivity contribution < 1.29 is 12.8 Å². The van der Waals surface area contributed by atoms with Crippen molar-refractivity contribution in [1.82, 2.24) is 9.97 Å². The number of fused-ring (bicyclic) bond motifs is 1. The van der Waals surface area contributed by atoms with Gasteiger partial charge in [-0.05, 0) is 54.8 Å². The van der Waals surface area contributed by atoms with E-state index in [9.17, 15) is 8.42 Å². The molecule has 0 saturated heterocycles. The average molecular weight is 499 g/mol. The van der Waals surface area contributed by atoms with Gasteiger partial charge in [0.15, 0.2) is 5.16 Å². The molecule has 0 bridgehead atoms. The highest BCUT2D eigenvalue weighted by Gasteiger charge is 2.19. The van der Waals surface area contributed by atoms with E-state index in [0.29, 0.717) is 34.6 Å². The van der Waals surface area contributed by atoms with E-state index in [1.165, 1.54) is 11.8 Å². The Bertz CT molecular complexity index is 1540. The van der Waals surface area contributed by atoms with Gasteiger partial charge >= 0.3 is 0 Å². The molecule has 0 radical (unpaired) electrons. The summed E-state index contributed by atoms with van der Waals surface area (Å²) in [4.78, 5) is 15.5. The highest BCUT2D eigenvalue weighted by Crippen LogP contribution is 2.31. The summed E-state index contributed by atoms with van der Waals surface area (Å²) < 4.78 is 34.0. The van der Waals surface area contributed by atoms with Crippen molar-refractivity contribution in [3.05, 3.63) is 71.8 Å². The summed E-state index contributed by atoms with van der Waals surface area (Å²) in [6.07, 6.45) is 5.10. The van der Waals surface area contributed by atoms with Gasteiger partial charge in [0.1, 0.15) is 16.7 Å². The maximum Gasteiger partial charge on any atom is 0.271 e. The molecule has 0 spiro atoms. The second kappa shape index (κ2) is 8.54. The topological polar surface area (TPSA) is 127 Å². The van der Waals surface area contributed by atoms with Crippen molar-refractivity contribution in [2.45, 2.75) is 9.37 Å². The van der Waals surface area contributed by atoms with E-state index in [0.717, 1.165) is 27.1 Å². The summed E-state index contributed by atoms with van der Waals surface area (Å²) in [5.41, 5.74) is 8.68. The largest absolute Gasteiger partial charge is 0.446 e. The summed E-state index contributed by atoms with van der Waals surface area (Å²) >= 11 is 2.58. The number of sulfonamides is 1. The zero-order chi connectivity index (χ0) is 23.0. The number of hydrogen-bond donors (Lipinski definition) is 2. The molecule has 3 N–H and O–H groups in total. The number of aromatic nitrogens is 2. The van der Waals surface area contributed by atoms with Crippen LogP contribution in [0.2, 0.25) is 0 Å². The molecular weight excluding hydrogens is 480 g/mol. The third-order valence-corrected chi connectivity index (χ3v) is 8.46. The van der Waals surface area contributed by atoms with Crippen LogP contribution in [0.3, 0.4) is 0 Å². The highest BCUT2D eigenvalue weighted by atomic mass is 32.2. The molecule has 0 unspecified atom stereocenters. The summed E-state index contributed by atoms with van der Waals surface area (Å²) in [7, 11) is -3.75. The van der Waals surface area contributed by atoms with Crippen molar-refractivity contribution >= 4 is 50.3 Å². The predicted octanol–water partition coefficient (Wildman–Crippen LogP) is 2.44. The normalized spacial score (nSPS) is 13.5. The molecule has 0 amide bonds. The lowest BCUT2D eigenvalue weighted by atomic mass is 10.2. The minimum atomic E-state index is -3.75. The lowest BCUT2D eigenvalue weighted by Crippen LogP contribution is -2.42. The summed E-state index contributed by atoms with van der Waals surface area (Å²) in [5, 5.41) is 1.36. The Morgan fingerprint density at radius 3 is 2.76 bits per heavy atom. The third-order valence-electron chi connectivity index (χ3n) is 4.91. The molecule has 1 aromatic carbocycles. The Labute approximate surface area is 197 Å². The summed E-state index contributed by atoms with van der Waals surface area (Å²) in [6, 6.07) is 13.8. The van der Waals surface area contributed by atoms with Crippen LogP contribution in [-0.2, 0) is 10.0 Å². The standard InChI is InChI=1S/C21H18N6O3S3/c1-31-21-23-10-8-16(25-21)17-6-7-18(32-17)33(28,29)26-13-2-4-14(5-3-13)27-12-24-20-15(19(27)22)9-11-30-20/h2-11,26H,12,22H2,1H3. The molecule has 9 nitrogen and oxygen atoms in total. The fourth-order valence-electron chi connectivity index (χ4n) is 3.29. The molecule has 0 fully saturated rings. The van der Waals surface area contributed by atoms with Gasteiger partial charge in [-0.2, -0.15) is 0 Å². The number of nitrogens with one attached hydrogen (secondary N) is 1. The van der Waals surface area contributed by atoms with Crippen molar-refractivity contribution in [2.75, 3.05) is 22.5 Å². The van der Waals surface area contributed by atoms with Crippen LogP contribution in [0.25, 0.3) is 16.4 Å². The van der Waals surface area contributed by atoms with Crippen molar-refractivity contribution in [3.8, 4) is 10.6 Å². The SMILES string of the molecule is CSc1nccc(-c2ccc(S(=O)(=O)Nc3ccc(N4CN=c5occc5=C4N)cc3)s2)n1. The molecule has 5 rings (SSSR count). The maximum absolute atomic E-state index is 12.9. The highest BCUT2D eigenvalue weighted by molar-refractivity contribution is 7.98. The molecule has 1 aliphatic heterocycles. The van der Waals surface area contributed by atoms with Gasteiger partial charge in [0.05, 0.1) is 22.1 Å². The Morgan fingerprint density at radius 1 is 1.15 bits per heavy atom. The first-order valence-electron chi connectivity index (χ1n) is 9.70. The van der Waals surface area contributed by atoms with Crippen LogP contribution in [0.15, 0.2) is 79.8 Å². The molecule has 168 valence electrons. The van der Waals surface area contributed by atoms with Crippen molar-refractivity contribution in [2.24, 2.45) is 10.7 Å². The second-order valence-corrected chi connectivity index (χ2v) is 10.7. The van der Waals surface area contributed by atoms with Crippen LogP contribution in [0.1, 0.15) is 0 Å². The van der Waals surface area contributed by atoms with E-state index in [1.807, 2.05) is 11.2 Å². The summed E-state index contributed by atoms with van der Waals surface area (Å²) in [5.74, 6) is 0.530. The van der Waals surface area contributed by atoms with E-state index >= 15 is 0 Å². The molecule has 0 aliphatic carbocycles. The molecule has 4 heterocycles. The lowest BCUT2D eigenvalue weighted by molar-refractivity contribution is 0.500. The first kappa shape index (κ1) is 21.5. The first-order valence-corrected chi connectivity index (χ1v) is 13.2. The molecule has 33 heavy (non-hydrogen) atoms. The molecule has 0 saturated carbocycles. The first-order chi connectivity index (χ1) is 15.9. The van der Waals surface area contributed by atoms with E-state index in [2.05, 4.69) is 19.7 Å². The van der Waals surface area contributed by atoms with Crippen LogP contribution in [0.4, 0.5) is 11.4 Å². The quantitative estimate of drug-likeness (QED) is 0.307. The Hall–Kier alpha value is -3.35. The van der Waals surface area contributed by atoms with Gasteiger partial charge in [-0.3, -0.25) is 4.72 Å². The van der Waals surface area contributed by atoms with Gasteiger partial charge in [0.2, 0.25) is 5.55 Å². The van der Waals surface area contributed by atoms with Gasteiger partial charge in [-0.1, -0.05) is 11.8 Å². The molecule has 1 aliphatic rings. The Morgan fingerprint density at radius 2 is 1.97 bits per heavy atom. The van der Waals surface area contributed by atoms with E-state index in [1.54, 1.807) is 61.0 Å². The van der Waals surface area contributed by atoms with E-state index < -0.39 is 10.0 Å². The second-order valence-electron chi connectivity index (χ2n) is 6.95. The fourth-order valence-corrected chi connectivity index (χ4v) is 5.98.